The number of carbonyl (C=O) groups excluding carboxylic acids is 2. The molecule has 0 aliphatic carbocycles. The highest BCUT2D eigenvalue weighted by Gasteiger charge is 2.30. The maximum absolute atomic E-state index is 12.7. The molecule has 2 heterocycles. The van der Waals surface area contributed by atoms with Crippen molar-refractivity contribution in [2.45, 2.75) is 47.1 Å². The van der Waals surface area contributed by atoms with Crippen molar-refractivity contribution in [1.82, 2.24) is 19.4 Å². The van der Waals surface area contributed by atoms with E-state index in [4.69, 9.17) is 0 Å². The summed E-state index contributed by atoms with van der Waals surface area (Å²) < 4.78 is 2.13. The molecule has 0 radical (unpaired) electrons. The number of amides is 2. The summed E-state index contributed by atoms with van der Waals surface area (Å²) in [5, 5.41) is 0. The standard InChI is InChI=1S/C21H30N4O2/c1-15(2)25-14-22-17-12-16(6-7-18(17)25)13-19(26)23-8-10-24(11-9-23)20(27)21(3,4)5/h6-7,12,14-15H,8-11,13H2,1-5H3. The second-order valence-electron chi connectivity index (χ2n) is 8.67. The predicted octanol–water partition coefficient (Wildman–Crippen LogP) is 2.88. The minimum atomic E-state index is -0.374. The van der Waals surface area contributed by atoms with Crippen LogP contribution in [0.5, 0.6) is 0 Å². The van der Waals surface area contributed by atoms with Gasteiger partial charge in [0.25, 0.3) is 0 Å². The Balaban J connectivity index is 1.61. The van der Waals surface area contributed by atoms with Gasteiger partial charge in [0.15, 0.2) is 0 Å². The van der Waals surface area contributed by atoms with E-state index in [-0.39, 0.29) is 17.2 Å². The second kappa shape index (κ2) is 7.33. The van der Waals surface area contributed by atoms with Gasteiger partial charge < -0.3 is 14.4 Å². The molecule has 2 amide bonds. The van der Waals surface area contributed by atoms with Crippen molar-refractivity contribution in [3.05, 3.63) is 30.1 Å². The van der Waals surface area contributed by atoms with Gasteiger partial charge in [0.2, 0.25) is 11.8 Å². The van der Waals surface area contributed by atoms with Crippen LogP contribution >= 0.6 is 0 Å². The normalized spacial score (nSPS) is 15.6. The van der Waals surface area contributed by atoms with E-state index in [1.54, 1.807) is 0 Å². The van der Waals surface area contributed by atoms with E-state index < -0.39 is 0 Å². The van der Waals surface area contributed by atoms with Crippen molar-refractivity contribution in [3.8, 4) is 0 Å². The van der Waals surface area contributed by atoms with Gasteiger partial charge in [-0.05, 0) is 31.5 Å². The quantitative estimate of drug-likeness (QED) is 0.835. The number of benzene rings is 1. The van der Waals surface area contributed by atoms with E-state index in [9.17, 15) is 9.59 Å². The highest BCUT2D eigenvalue weighted by Crippen LogP contribution is 2.21. The molecule has 1 aliphatic rings. The highest BCUT2D eigenvalue weighted by atomic mass is 16.2. The molecular formula is C21H30N4O2. The monoisotopic (exact) mass is 370 g/mol. The van der Waals surface area contributed by atoms with Gasteiger partial charge in [0, 0.05) is 37.6 Å². The number of imidazole rings is 1. The van der Waals surface area contributed by atoms with Crippen LogP contribution in [0.4, 0.5) is 0 Å². The Morgan fingerprint density at radius 3 is 2.30 bits per heavy atom. The Morgan fingerprint density at radius 1 is 1.07 bits per heavy atom. The molecule has 0 unspecified atom stereocenters. The van der Waals surface area contributed by atoms with Gasteiger partial charge in [-0.1, -0.05) is 26.8 Å². The minimum absolute atomic E-state index is 0.112. The maximum Gasteiger partial charge on any atom is 0.228 e. The van der Waals surface area contributed by atoms with Gasteiger partial charge in [0.05, 0.1) is 23.8 Å². The summed E-state index contributed by atoms with van der Waals surface area (Å²) in [5.74, 6) is 0.265. The molecule has 146 valence electrons. The molecule has 1 aromatic heterocycles. The molecule has 1 aromatic carbocycles. The second-order valence-corrected chi connectivity index (χ2v) is 8.67. The molecule has 0 N–H and O–H groups in total. The molecule has 6 nitrogen and oxygen atoms in total. The number of hydrogen-bond donors (Lipinski definition) is 0. The van der Waals surface area contributed by atoms with Crippen molar-refractivity contribution in [3.63, 3.8) is 0 Å². The molecule has 0 atom stereocenters. The smallest absolute Gasteiger partial charge is 0.228 e. The van der Waals surface area contributed by atoms with Crippen molar-refractivity contribution in [1.29, 1.82) is 0 Å². The van der Waals surface area contributed by atoms with Gasteiger partial charge >= 0.3 is 0 Å². The summed E-state index contributed by atoms with van der Waals surface area (Å²) in [6.45, 7) is 12.5. The lowest BCUT2D eigenvalue weighted by molar-refractivity contribution is -0.144. The summed E-state index contributed by atoms with van der Waals surface area (Å²) in [5.41, 5.74) is 2.63. The van der Waals surface area contributed by atoms with Crippen LogP contribution in [-0.4, -0.2) is 57.3 Å². The van der Waals surface area contributed by atoms with E-state index in [1.807, 2.05) is 55.1 Å². The summed E-state index contributed by atoms with van der Waals surface area (Å²) in [6, 6.07) is 6.42. The molecule has 1 saturated heterocycles. The summed E-state index contributed by atoms with van der Waals surface area (Å²) in [4.78, 5) is 33.3. The zero-order valence-corrected chi connectivity index (χ0v) is 17.0. The number of rotatable bonds is 3. The summed E-state index contributed by atoms with van der Waals surface area (Å²) >= 11 is 0. The molecule has 1 fully saturated rings. The topological polar surface area (TPSA) is 58.4 Å². The fourth-order valence-electron chi connectivity index (χ4n) is 3.52. The number of fused-ring (bicyclic) bond motifs is 1. The Labute approximate surface area is 161 Å². The van der Waals surface area contributed by atoms with Crippen molar-refractivity contribution in [2.75, 3.05) is 26.2 Å². The zero-order valence-electron chi connectivity index (χ0n) is 17.0. The van der Waals surface area contributed by atoms with Gasteiger partial charge in [0.1, 0.15) is 0 Å². The fraction of sp³-hybridized carbons (Fsp3) is 0.571. The van der Waals surface area contributed by atoms with Crippen LogP contribution in [0.1, 0.15) is 46.2 Å². The minimum Gasteiger partial charge on any atom is -0.339 e. The number of hydrogen-bond acceptors (Lipinski definition) is 3. The molecule has 1 aliphatic heterocycles. The Bertz CT molecular complexity index is 839. The molecule has 0 spiro atoms. The van der Waals surface area contributed by atoms with E-state index in [2.05, 4.69) is 23.4 Å². The van der Waals surface area contributed by atoms with Crippen LogP contribution in [0, 0.1) is 5.41 Å². The SMILES string of the molecule is CC(C)n1cnc2cc(CC(=O)N3CCN(C(=O)C(C)(C)C)CC3)ccc21. The van der Waals surface area contributed by atoms with Crippen LogP contribution in [-0.2, 0) is 16.0 Å². The first-order chi connectivity index (χ1) is 12.7. The van der Waals surface area contributed by atoms with Gasteiger partial charge in [-0.25, -0.2) is 4.98 Å². The number of carbonyl (C=O) groups is 2. The molecule has 27 heavy (non-hydrogen) atoms. The third kappa shape index (κ3) is 4.15. The lowest BCUT2D eigenvalue weighted by Gasteiger charge is -2.37. The third-order valence-corrected chi connectivity index (χ3v) is 5.11. The zero-order chi connectivity index (χ0) is 19.8. The third-order valence-electron chi connectivity index (χ3n) is 5.11. The molecule has 0 saturated carbocycles. The first-order valence-corrected chi connectivity index (χ1v) is 9.69. The highest BCUT2D eigenvalue weighted by molar-refractivity contribution is 5.83. The molecule has 0 bridgehead atoms. The molecular weight excluding hydrogens is 340 g/mol. The molecule has 2 aromatic rings. The lowest BCUT2D eigenvalue weighted by atomic mass is 9.94. The van der Waals surface area contributed by atoms with Gasteiger partial charge in [-0.2, -0.15) is 0 Å². The van der Waals surface area contributed by atoms with Crippen LogP contribution in [0.2, 0.25) is 0 Å². The van der Waals surface area contributed by atoms with Crippen LogP contribution in [0.15, 0.2) is 24.5 Å². The number of aromatic nitrogens is 2. The van der Waals surface area contributed by atoms with Crippen molar-refractivity contribution < 1.29 is 9.59 Å². The van der Waals surface area contributed by atoms with Crippen LogP contribution < -0.4 is 0 Å². The van der Waals surface area contributed by atoms with Crippen molar-refractivity contribution >= 4 is 22.8 Å². The Hall–Kier alpha value is -2.37. The fourth-order valence-corrected chi connectivity index (χ4v) is 3.52. The Kier molecular flexibility index (Phi) is 5.27. The van der Waals surface area contributed by atoms with E-state index in [0.29, 0.717) is 38.6 Å². The molecule has 3 rings (SSSR count). The lowest BCUT2D eigenvalue weighted by Crippen LogP contribution is -2.53. The first-order valence-electron chi connectivity index (χ1n) is 9.69. The maximum atomic E-state index is 12.7. The average Bonchev–Trinajstić information content (AvgIpc) is 3.04. The average molecular weight is 370 g/mol. The van der Waals surface area contributed by atoms with E-state index in [1.165, 1.54) is 0 Å². The number of piperazine rings is 1. The number of nitrogens with zero attached hydrogens (tertiary/aromatic N) is 4. The van der Waals surface area contributed by atoms with E-state index >= 15 is 0 Å². The van der Waals surface area contributed by atoms with Crippen molar-refractivity contribution in [2.24, 2.45) is 5.41 Å². The van der Waals surface area contributed by atoms with Gasteiger partial charge in [-0.15, -0.1) is 0 Å². The van der Waals surface area contributed by atoms with E-state index in [0.717, 1.165) is 16.6 Å². The first kappa shape index (κ1) is 19.4. The van der Waals surface area contributed by atoms with Crippen LogP contribution in [0.25, 0.3) is 11.0 Å². The summed E-state index contributed by atoms with van der Waals surface area (Å²) in [6.07, 6.45) is 2.23. The summed E-state index contributed by atoms with van der Waals surface area (Å²) in [7, 11) is 0. The largest absolute Gasteiger partial charge is 0.339 e. The Morgan fingerprint density at radius 2 is 1.70 bits per heavy atom. The predicted molar refractivity (Wildman–Crippen MR) is 106 cm³/mol. The van der Waals surface area contributed by atoms with Crippen LogP contribution in [0.3, 0.4) is 0 Å². The molecule has 6 heteroatoms. The van der Waals surface area contributed by atoms with Gasteiger partial charge in [-0.3, -0.25) is 9.59 Å².